The number of hydrogen-bond acceptors (Lipinski definition) is 6. The van der Waals surface area contributed by atoms with Crippen molar-refractivity contribution in [3.63, 3.8) is 0 Å². The summed E-state index contributed by atoms with van der Waals surface area (Å²) in [6, 6.07) is 25.2. The Morgan fingerprint density at radius 2 is 1.54 bits per heavy atom. The summed E-state index contributed by atoms with van der Waals surface area (Å²) < 4.78 is 28.1. The zero-order chi connectivity index (χ0) is 25.8. The van der Waals surface area contributed by atoms with Gasteiger partial charge in [-0.2, -0.15) is 4.31 Å². The molecule has 1 aliphatic heterocycles. The van der Waals surface area contributed by atoms with Crippen LogP contribution in [0, 0.1) is 0 Å². The van der Waals surface area contributed by atoms with Gasteiger partial charge in [-0.1, -0.05) is 55.8 Å². The zero-order valence-electron chi connectivity index (χ0n) is 21.3. The van der Waals surface area contributed by atoms with Crippen LogP contribution in [0.5, 0.6) is 0 Å². The van der Waals surface area contributed by atoms with Crippen LogP contribution < -0.4 is 5.32 Å². The molecular formula is C29H33N5O2S. The molecule has 1 aliphatic rings. The Morgan fingerprint density at radius 1 is 0.865 bits per heavy atom. The highest BCUT2D eigenvalue weighted by Crippen LogP contribution is 2.28. The topological polar surface area (TPSA) is 78.4 Å². The van der Waals surface area contributed by atoms with Crippen molar-refractivity contribution in [3.05, 3.63) is 90.3 Å². The summed E-state index contributed by atoms with van der Waals surface area (Å²) in [6.07, 6.45) is 1.99. The fourth-order valence-electron chi connectivity index (χ4n) is 4.80. The highest BCUT2D eigenvalue weighted by Gasteiger charge is 2.31. The van der Waals surface area contributed by atoms with Crippen LogP contribution in [0.4, 0.5) is 11.5 Å². The van der Waals surface area contributed by atoms with Gasteiger partial charge in [-0.3, -0.25) is 4.90 Å². The molecule has 1 saturated heterocycles. The van der Waals surface area contributed by atoms with E-state index in [2.05, 4.69) is 24.1 Å². The normalized spacial score (nSPS) is 16.1. The average molecular weight is 516 g/mol. The number of benzene rings is 3. The van der Waals surface area contributed by atoms with Crippen molar-refractivity contribution in [1.82, 2.24) is 19.2 Å². The summed E-state index contributed by atoms with van der Waals surface area (Å²) in [6.45, 7) is 6.32. The minimum absolute atomic E-state index is 0.0564. The molecule has 0 aliphatic carbocycles. The first kappa shape index (κ1) is 25.3. The minimum atomic E-state index is -3.51. The maximum Gasteiger partial charge on any atom is 0.243 e. The van der Waals surface area contributed by atoms with Gasteiger partial charge in [-0.15, -0.1) is 0 Å². The van der Waals surface area contributed by atoms with Gasteiger partial charge in [0.15, 0.2) is 0 Å². The number of nitrogens with zero attached hydrogens (tertiary/aromatic N) is 4. The second kappa shape index (κ2) is 11.0. The van der Waals surface area contributed by atoms with E-state index in [1.54, 1.807) is 16.4 Å². The lowest BCUT2D eigenvalue weighted by Gasteiger charge is -2.36. The van der Waals surface area contributed by atoms with Crippen LogP contribution in [0.25, 0.3) is 10.9 Å². The summed E-state index contributed by atoms with van der Waals surface area (Å²) in [4.78, 5) is 12.4. The molecule has 37 heavy (non-hydrogen) atoms. The molecule has 1 aromatic heterocycles. The van der Waals surface area contributed by atoms with E-state index < -0.39 is 10.0 Å². The van der Waals surface area contributed by atoms with Crippen LogP contribution in [0.1, 0.15) is 37.7 Å². The summed E-state index contributed by atoms with van der Waals surface area (Å²) in [7, 11) is -3.51. The van der Waals surface area contributed by atoms with Gasteiger partial charge >= 0.3 is 0 Å². The predicted octanol–water partition coefficient (Wildman–Crippen LogP) is 5.39. The minimum Gasteiger partial charge on any atom is -0.340 e. The second-order valence-electron chi connectivity index (χ2n) is 9.45. The lowest BCUT2D eigenvalue weighted by atomic mass is 10.1. The van der Waals surface area contributed by atoms with E-state index in [1.807, 2.05) is 66.7 Å². The Morgan fingerprint density at radius 3 is 2.24 bits per heavy atom. The number of piperazine rings is 1. The molecule has 2 heterocycles. The quantitative estimate of drug-likeness (QED) is 0.339. The predicted molar refractivity (Wildman–Crippen MR) is 148 cm³/mol. The molecule has 0 saturated carbocycles. The average Bonchev–Trinajstić information content (AvgIpc) is 2.94. The summed E-state index contributed by atoms with van der Waals surface area (Å²) >= 11 is 0. The first-order valence-electron chi connectivity index (χ1n) is 12.9. The molecule has 0 bridgehead atoms. The second-order valence-corrected chi connectivity index (χ2v) is 11.4. The lowest BCUT2D eigenvalue weighted by molar-refractivity contribution is 0.141. The third kappa shape index (κ3) is 5.51. The van der Waals surface area contributed by atoms with Crippen LogP contribution in [0.3, 0.4) is 0 Å². The number of aryl methyl sites for hydroxylation is 1. The third-order valence-electron chi connectivity index (χ3n) is 6.95. The molecule has 7 nitrogen and oxygen atoms in total. The molecular weight excluding hydrogens is 482 g/mol. The molecule has 5 rings (SSSR count). The molecule has 0 amide bonds. The van der Waals surface area contributed by atoms with Gasteiger partial charge in [-0.25, -0.2) is 18.4 Å². The standard InChI is InChI=1S/C29H33N5O2S/c1-3-9-23-14-16-25(17-15-23)37(35,36)34-20-18-33(19-21-34)22(2)28-31-27-13-8-7-12-26(27)29(32-28)30-24-10-5-4-6-11-24/h4-8,10-17,22H,3,9,18-21H2,1-2H3,(H,30,31,32). The zero-order valence-corrected chi connectivity index (χ0v) is 22.2. The number of anilines is 2. The largest absolute Gasteiger partial charge is 0.340 e. The summed E-state index contributed by atoms with van der Waals surface area (Å²) in [5, 5.41) is 4.41. The first-order chi connectivity index (χ1) is 18.0. The van der Waals surface area contributed by atoms with Crippen molar-refractivity contribution >= 4 is 32.4 Å². The lowest BCUT2D eigenvalue weighted by Crippen LogP contribution is -2.49. The number of fused-ring (bicyclic) bond motifs is 1. The van der Waals surface area contributed by atoms with E-state index in [9.17, 15) is 8.42 Å². The van der Waals surface area contributed by atoms with Crippen molar-refractivity contribution in [2.24, 2.45) is 0 Å². The number of nitrogens with one attached hydrogen (secondary N) is 1. The monoisotopic (exact) mass is 515 g/mol. The van der Waals surface area contributed by atoms with Gasteiger partial charge in [0, 0.05) is 37.3 Å². The fourth-order valence-corrected chi connectivity index (χ4v) is 6.22. The Labute approximate surface area is 219 Å². The van der Waals surface area contributed by atoms with Gasteiger partial charge in [0.2, 0.25) is 10.0 Å². The summed E-state index contributed by atoms with van der Waals surface area (Å²) in [5.74, 6) is 1.49. The van der Waals surface area contributed by atoms with Crippen LogP contribution in [0.15, 0.2) is 83.8 Å². The molecule has 0 radical (unpaired) electrons. The van der Waals surface area contributed by atoms with Crippen LogP contribution in [-0.4, -0.2) is 53.8 Å². The van der Waals surface area contributed by atoms with Crippen LogP contribution in [-0.2, 0) is 16.4 Å². The molecule has 3 aromatic carbocycles. The van der Waals surface area contributed by atoms with E-state index in [-0.39, 0.29) is 6.04 Å². The Bertz CT molecular complexity index is 1450. The SMILES string of the molecule is CCCc1ccc(S(=O)(=O)N2CCN(C(C)c3nc(Nc4ccccc4)c4ccccc4n3)CC2)cc1. The van der Waals surface area contributed by atoms with Crippen molar-refractivity contribution in [3.8, 4) is 0 Å². The molecule has 4 aromatic rings. The van der Waals surface area contributed by atoms with E-state index in [1.165, 1.54) is 0 Å². The number of hydrogen-bond donors (Lipinski definition) is 1. The molecule has 8 heteroatoms. The van der Waals surface area contributed by atoms with Gasteiger partial charge < -0.3 is 5.32 Å². The molecule has 192 valence electrons. The van der Waals surface area contributed by atoms with Gasteiger partial charge in [0.05, 0.1) is 16.5 Å². The molecule has 1 atom stereocenters. The Balaban J connectivity index is 1.32. The van der Waals surface area contributed by atoms with E-state index >= 15 is 0 Å². The maximum atomic E-state index is 13.2. The molecule has 1 unspecified atom stereocenters. The van der Waals surface area contributed by atoms with Gasteiger partial charge in [0.25, 0.3) is 0 Å². The Kier molecular flexibility index (Phi) is 7.50. The smallest absolute Gasteiger partial charge is 0.243 e. The number of aromatic nitrogens is 2. The van der Waals surface area contributed by atoms with Crippen molar-refractivity contribution < 1.29 is 8.42 Å². The van der Waals surface area contributed by atoms with E-state index in [0.717, 1.165) is 46.6 Å². The van der Waals surface area contributed by atoms with Crippen molar-refractivity contribution in [2.45, 2.75) is 37.6 Å². The number of rotatable bonds is 8. The number of para-hydroxylation sites is 2. The van der Waals surface area contributed by atoms with E-state index in [4.69, 9.17) is 9.97 Å². The third-order valence-corrected chi connectivity index (χ3v) is 8.86. The van der Waals surface area contributed by atoms with Crippen LogP contribution in [0.2, 0.25) is 0 Å². The van der Waals surface area contributed by atoms with Crippen molar-refractivity contribution in [2.75, 3.05) is 31.5 Å². The van der Waals surface area contributed by atoms with Gasteiger partial charge in [-0.05, 0) is 55.3 Å². The van der Waals surface area contributed by atoms with E-state index in [0.29, 0.717) is 31.1 Å². The van der Waals surface area contributed by atoms with Crippen LogP contribution >= 0.6 is 0 Å². The van der Waals surface area contributed by atoms with Crippen molar-refractivity contribution in [1.29, 1.82) is 0 Å². The Hall–Kier alpha value is -3.33. The number of sulfonamides is 1. The highest BCUT2D eigenvalue weighted by molar-refractivity contribution is 7.89. The van der Waals surface area contributed by atoms with Gasteiger partial charge in [0.1, 0.15) is 11.6 Å². The highest BCUT2D eigenvalue weighted by atomic mass is 32.2. The maximum absolute atomic E-state index is 13.2. The molecule has 1 N–H and O–H groups in total. The molecule has 1 fully saturated rings. The summed E-state index contributed by atoms with van der Waals surface area (Å²) in [5.41, 5.74) is 3.01. The first-order valence-corrected chi connectivity index (χ1v) is 14.3. The molecule has 0 spiro atoms. The fraction of sp³-hybridized carbons (Fsp3) is 0.310.